The van der Waals surface area contributed by atoms with Crippen LogP contribution in [0.15, 0.2) is 71.2 Å². The normalized spacial score (nSPS) is 11.6. The summed E-state index contributed by atoms with van der Waals surface area (Å²) in [7, 11) is -3.39. The second-order valence-corrected chi connectivity index (χ2v) is 8.33. The zero-order valence-corrected chi connectivity index (χ0v) is 15.9. The molecule has 130 valence electrons. The number of rotatable bonds is 7. The zero-order chi connectivity index (χ0) is 17.7. The lowest BCUT2D eigenvalue weighted by Crippen LogP contribution is -2.29. The topological polar surface area (TPSA) is 55.4 Å². The molecule has 0 aliphatic rings. The van der Waals surface area contributed by atoms with Crippen molar-refractivity contribution in [3.05, 3.63) is 76.8 Å². The molecule has 25 heavy (non-hydrogen) atoms. The van der Waals surface area contributed by atoms with E-state index in [0.717, 1.165) is 26.6 Å². The first-order valence-electron chi connectivity index (χ1n) is 7.86. The van der Waals surface area contributed by atoms with Gasteiger partial charge in [0.2, 0.25) is 10.0 Å². The van der Waals surface area contributed by atoms with Crippen molar-refractivity contribution < 1.29 is 13.2 Å². The van der Waals surface area contributed by atoms with Gasteiger partial charge in [0, 0.05) is 16.4 Å². The molecule has 0 amide bonds. The number of fused-ring (bicyclic) bond motifs is 1. The Bertz CT molecular complexity index is 951. The van der Waals surface area contributed by atoms with Crippen molar-refractivity contribution in [1.82, 2.24) is 4.72 Å². The van der Waals surface area contributed by atoms with E-state index in [1.165, 1.54) is 0 Å². The van der Waals surface area contributed by atoms with Gasteiger partial charge in [-0.3, -0.25) is 0 Å². The van der Waals surface area contributed by atoms with E-state index in [0.29, 0.717) is 0 Å². The molecule has 0 atom stereocenters. The number of benzene rings is 3. The van der Waals surface area contributed by atoms with Gasteiger partial charge in [-0.05, 0) is 29.1 Å². The highest BCUT2D eigenvalue weighted by molar-refractivity contribution is 9.10. The van der Waals surface area contributed by atoms with Gasteiger partial charge in [-0.1, -0.05) is 64.5 Å². The number of halogens is 1. The molecular weight excluding hydrogens is 402 g/mol. The summed E-state index contributed by atoms with van der Waals surface area (Å²) in [4.78, 5) is 0. The Morgan fingerprint density at radius 1 is 0.920 bits per heavy atom. The standard InChI is InChI=1S/C19H18BrNO3S/c20-17-10-8-15(9-11-17)14-25(22,23)21-12-13-24-19-7-3-5-16-4-1-2-6-18(16)19/h1-11,21H,12-14H2. The van der Waals surface area contributed by atoms with Gasteiger partial charge in [0.1, 0.15) is 12.4 Å². The maximum atomic E-state index is 12.1. The van der Waals surface area contributed by atoms with Crippen molar-refractivity contribution in [2.24, 2.45) is 0 Å². The molecular formula is C19H18BrNO3S. The molecule has 0 aliphatic carbocycles. The number of hydrogen-bond acceptors (Lipinski definition) is 3. The summed E-state index contributed by atoms with van der Waals surface area (Å²) in [5.41, 5.74) is 0.741. The highest BCUT2D eigenvalue weighted by atomic mass is 79.9. The largest absolute Gasteiger partial charge is 0.492 e. The molecule has 4 nitrogen and oxygen atoms in total. The second kappa shape index (κ2) is 7.99. The van der Waals surface area contributed by atoms with Crippen LogP contribution >= 0.6 is 15.9 Å². The van der Waals surface area contributed by atoms with Crippen LogP contribution in [0.25, 0.3) is 10.8 Å². The van der Waals surface area contributed by atoms with Crippen LogP contribution in [0.3, 0.4) is 0 Å². The van der Waals surface area contributed by atoms with Crippen molar-refractivity contribution in [2.45, 2.75) is 5.75 Å². The molecule has 1 N–H and O–H groups in total. The van der Waals surface area contributed by atoms with Crippen LogP contribution in [0.4, 0.5) is 0 Å². The fourth-order valence-electron chi connectivity index (χ4n) is 2.53. The quantitative estimate of drug-likeness (QED) is 0.586. The summed E-state index contributed by atoms with van der Waals surface area (Å²) < 4.78 is 33.5. The van der Waals surface area contributed by atoms with E-state index in [9.17, 15) is 8.42 Å². The first kappa shape index (κ1) is 17.9. The van der Waals surface area contributed by atoms with Crippen molar-refractivity contribution in [1.29, 1.82) is 0 Å². The fourth-order valence-corrected chi connectivity index (χ4v) is 3.92. The lowest BCUT2D eigenvalue weighted by atomic mass is 10.1. The highest BCUT2D eigenvalue weighted by Gasteiger charge is 2.11. The SMILES string of the molecule is O=S(=O)(Cc1ccc(Br)cc1)NCCOc1cccc2ccccc12. The summed E-state index contributed by atoms with van der Waals surface area (Å²) in [6.45, 7) is 0.496. The maximum absolute atomic E-state index is 12.1. The Morgan fingerprint density at radius 2 is 1.64 bits per heavy atom. The van der Waals surface area contributed by atoms with Gasteiger partial charge in [0.15, 0.2) is 0 Å². The third-order valence-corrected chi connectivity index (χ3v) is 5.59. The van der Waals surface area contributed by atoms with Gasteiger partial charge >= 0.3 is 0 Å². The lowest BCUT2D eigenvalue weighted by Gasteiger charge is -2.10. The first-order chi connectivity index (χ1) is 12.0. The van der Waals surface area contributed by atoms with Crippen LogP contribution in [0.5, 0.6) is 5.75 Å². The average molecular weight is 420 g/mol. The molecule has 0 bridgehead atoms. The molecule has 0 radical (unpaired) electrons. The molecule has 0 saturated heterocycles. The van der Waals surface area contributed by atoms with Crippen molar-refractivity contribution in [2.75, 3.05) is 13.2 Å². The van der Waals surface area contributed by atoms with Crippen LogP contribution in [0, 0.1) is 0 Å². The Morgan fingerprint density at radius 3 is 2.44 bits per heavy atom. The molecule has 0 saturated carbocycles. The van der Waals surface area contributed by atoms with E-state index >= 15 is 0 Å². The average Bonchev–Trinajstić information content (AvgIpc) is 2.61. The van der Waals surface area contributed by atoms with Crippen LogP contribution in [0.1, 0.15) is 5.56 Å². The molecule has 0 spiro atoms. The van der Waals surface area contributed by atoms with E-state index in [1.807, 2.05) is 54.6 Å². The maximum Gasteiger partial charge on any atom is 0.215 e. The molecule has 0 unspecified atom stereocenters. The highest BCUT2D eigenvalue weighted by Crippen LogP contribution is 2.24. The van der Waals surface area contributed by atoms with Crippen molar-refractivity contribution in [3.8, 4) is 5.75 Å². The molecule has 6 heteroatoms. The molecule has 0 aliphatic heterocycles. The van der Waals surface area contributed by atoms with Gasteiger partial charge in [-0.25, -0.2) is 13.1 Å². The van der Waals surface area contributed by atoms with Crippen LogP contribution in [-0.2, 0) is 15.8 Å². The van der Waals surface area contributed by atoms with Gasteiger partial charge in [-0.2, -0.15) is 0 Å². The van der Waals surface area contributed by atoms with E-state index in [1.54, 1.807) is 12.1 Å². The summed E-state index contributed by atoms with van der Waals surface area (Å²) in [5.74, 6) is 0.708. The Labute approximate surface area is 156 Å². The monoisotopic (exact) mass is 419 g/mol. The molecule has 3 aromatic carbocycles. The molecule has 0 aromatic heterocycles. The fraction of sp³-hybridized carbons (Fsp3) is 0.158. The predicted molar refractivity (Wildman–Crippen MR) is 104 cm³/mol. The molecule has 0 heterocycles. The van der Waals surface area contributed by atoms with Gasteiger partial charge in [0.05, 0.1) is 5.75 Å². The van der Waals surface area contributed by atoms with E-state index in [4.69, 9.17) is 4.74 Å². The summed E-state index contributed by atoms with van der Waals surface area (Å²) in [5, 5.41) is 2.11. The van der Waals surface area contributed by atoms with Crippen molar-refractivity contribution in [3.63, 3.8) is 0 Å². The number of sulfonamides is 1. The minimum absolute atomic E-state index is 0.0471. The number of hydrogen-bond donors (Lipinski definition) is 1. The van der Waals surface area contributed by atoms with Gasteiger partial charge in [0.25, 0.3) is 0 Å². The summed E-state index contributed by atoms with van der Waals surface area (Å²) in [6.07, 6.45) is 0. The zero-order valence-electron chi connectivity index (χ0n) is 13.5. The van der Waals surface area contributed by atoms with Crippen LogP contribution < -0.4 is 9.46 Å². The predicted octanol–water partition coefficient (Wildman–Crippen LogP) is 4.10. The first-order valence-corrected chi connectivity index (χ1v) is 10.3. The van der Waals surface area contributed by atoms with Gasteiger partial charge < -0.3 is 4.74 Å². The van der Waals surface area contributed by atoms with Crippen molar-refractivity contribution >= 4 is 36.7 Å². The summed E-state index contributed by atoms with van der Waals surface area (Å²) in [6, 6.07) is 21.0. The number of ether oxygens (including phenoxy) is 1. The number of nitrogens with one attached hydrogen (secondary N) is 1. The van der Waals surface area contributed by atoms with E-state index < -0.39 is 10.0 Å². The minimum atomic E-state index is -3.39. The molecule has 0 fully saturated rings. The van der Waals surface area contributed by atoms with E-state index in [-0.39, 0.29) is 18.9 Å². The Balaban J connectivity index is 1.54. The van der Waals surface area contributed by atoms with Crippen LogP contribution in [-0.4, -0.2) is 21.6 Å². The van der Waals surface area contributed by atoms with Crippen LogP contribution in [0.2, 0.25) is 0 Å². The molecule has 3 aromatic rings. The Hall–Kier alpha value is -1.89. The van der Waals surface area contributed by atoms with E-state index in [2.05, 4.69) is 20.7 Å². The second-order valence-electron chi connectivity index (χ2n) is 5.61. The third-order valence-electron chi connectivity index (χ3n) is 3.70. The van der Waals surface area contributed by atoms with Gasteiger partial charge in [-0.15, -0.1) is 0 Å². The summed E-state index contributed by atoms with van der Waals surface area (Å²) >= 11 is 3.33. The lowest BCUT2D eigenvalue weighted by molar-refractivity contribution is 0.326. The third kappa shape index (κ3) is 5.04. The minimum Gasteiger partial charge on any atom is -0.492 e. The molecule has 3 rings (SSSR count). The smallest absolute Gasteiger partial charge is 0.215 e. The Kier molecular flexibility index (Phi) is 5.73.